The molecule has 6 nitrogen and oxygen atoms in total. The van der Waals surface area contributed by atoms with E-state index in [-0.39, 0.29) is 5.91 Å². The Bertz CT molecular complexity index is 681. The molecular formula is C17H23N5O. The molecule has 3 rings (SSSR count). The Labute approximate surface area is 136 Å². The number of aryl methyl sites for hydroxylation is 1. The van der Waals surface area contributed by atoms with E-state index in [4.69, 9.17) is 0 Å². The first-order chi connectivity index (χ1) is 11.1. The van der Waals surface area contributed by atoms with Crippen LogP contribution < -0.4 is 5.32 Å². The summed E-state index contributed by atoms with van der Waals surface area (Å²) in [6.07, 6.45) is 6.17. The first kappa shape index (κ1) is 15.7. The summed E-state index contributed by atoms with van der Waals surface area (Å²) in [5, 5.41) is 7.29. The van der Waals surface area contributed by atoms with Crippen LogP contribution >= 0.6 is 0 Å². The highest BCUT2D eigenvalue weighted by molar-refractivity contribution is 5.72. The molecule has 0 saturated carbocycles. The minimum atomic E-state index is -0.0325. The van der Waals surface area contributed by atoms with Gasteiger partial charge in [0, 0.05) is 39.0 Å². The molecule has 23 heavy (non-hydrogen) atoms. The van der Waals surface area contributed by atoms with Gasteiger partial charge in [0.2, 0.25) is 5.91 Å². The van der Waals surface area contributed by atoms with Gasteiger partial charge in [0.15, 0.2) is 0 Å². The molecule has 0 bridgehead atoms. The van der Waals surface area contributed by atoms with Crippen molar-refractivity contribution in [2.75, 3.05) is 6.54 Å². The first-order valence-electron chi connectivity index (χ1n) is 8.03. The summed E-state index contributed by atoms with van der Waals surface area (Å²) in [5.41, 5.74) is 3.28. The third-order valence-electron chi connectivity index (χ3n) is 4.24. The summed E-state index contributed by atoms with van der Waals surface area (Å²) >= 11 is 0. The fraction of sp³-hybridized carbons (Fsp3) is 0.471. The van der Waals surface area contributed by atoms with Crippen molar-refractivity contribution in [2.24, 2.45) is 7.05 Å². The average molecular weight is 313 g/mol. The number of nitrogens with zero attached hydrogens (tertiary/aromatic N) is 4. The molecule has 1 fully saturated rings. The predicted octanol–water partition coefficient (Wildman–Crippen LogP) is 1.79. The number of carbonyl (C=O) groups is 1. The molecule has 6 heteroatoms. The molecular weight excluding hydrogens is 290 g/mol. The van der Waals surface area contributed by atoms with E-state index in [0.29, 0.717) is 12.6 Å². The van der Waals surface area contributed by atoms with Gasteiger partial charge in [-0.05, 0) is 43.1 Å². The number of likely N-dealkylation sites (tertiary alicyclic amines) is 1. The van der Waals surface area contributed by atoms with Gasteiger partial charge in [-0.25, -0.2) is 0 Å². The van der Waals surface area contributed by atoms with Crippen molar-refractivity contribution in [1.29, 1.82) is 0 Å². The highest BCUT2D eigenvalue weighted by atomic mass is 16.1. The van der Waals surface area contributed by atoms with Crippen LogP contribution in [0.15, 0.2) is 30.6 Å². The zero-order valence-electron chi connectivity index (χ0n) is 13.7. The number of hydrogen-bond acceptors (Lipinski definition) is 4. The molecule has 0 aliphatic carbocycles. The smallest absolute Gasteiger partial charge is 0.217 e. The molecule has 0 aromatic carbocycles. The van der Waals surface area contributed by atoms with E-state index in [9.17, 15) is 4.79 Å². The first-order valence-corrected chi connectivity index (χ1v) is 8.03. The summed E-state index contributed by atoms with van der Waals surface area (Å²) in [7, 11) is 1.95. The van der Waals surface area contributed by atoms with Gasteiger partial charge >= 0.3 is 0 Å². The van der Waals surface area contributed by atoms with Crippen molar-refractivity contribution >= 4 is 5.91 Å². The standard InChI is InChI=1S/C17H23N5O/c1-13(23)19-11-16-10-14(5-7-18-16)17-4-3-8-22(17)12-15-6-9-21(2)20-15/h5-7,9-10,17H,3-4,8,11-12H2,1-2H3,(H,19,23)/t17-/m0/s1. The van der Waals surface area contributed by atoms with Crippen LogP contribution in [0.25, 0.3) is 0 Å². The van der Waals surface area contributed by atoms with Crippen molar-refractivity contribution in [3.05, 3.63) is 47.5 Å². The SMILES string of the molecule is CC(=O)NCc1cc([C@@H]2CCCN2Cc2ccn(C)n2)ccn1. The quantitative estimate of drug-likeness (QED) is 0.914. The highest BCUT2D eigenvalue weighted by Gasteiger charge is 2.26. The molecule has 0 unspecified atom stereocenters. The van der Waals surface area contributed by atoms with Crippen molar-refractivity contribution in [3.8, 4) is 0 Å². The molecule has 0 radical (unpaired) electrons. The van der Waals surface area contributed by atoms with E-state index >= 15 is 0 Å². The Balaban J connectivity index is 1.71. The Kier molecular flexibility index (Phi) is 4.71. The molecule has 1 saturated heterocycles. The lowest BCUT2D eigenvalue weighted by Crippen LogP contribution is -2.24. The van der Waals surface area contributed by atoms with E-state index in [2.05, 4.69) is 38.5 Å². The van der Waals surface area contributed by atoms with Crippen LogP contribution in [0.4, 0.5) is 0 Å². The zero-order chi connectivity index (χ0) is 16.2. The monoisotopic (exact) mass is 313 g/mol. The highest BCUT2D eigenvalue weighted by Crippen LogP contribution is 2.32. The van der Waals surface area contributed by atoms with Gasteiger partial charge < -0.3 is 5.32 Å². The maximum absolute atomic E-state index is 11.1. The zero-order valence-corrected chi connectivity index (χ0v) is 13.7. The molecule has 3 heterocycles. The van der Waals surface area contributed by atoms with Gasteiger partial charge in [-0.2, -0.15) is 5.10 Å². The van der Waals surface area contributed by atoms with Gasteiger partial charge in [0.1, 0.15) is 0 Å². The van der Waals surface area contributed by atoms with Gasteiger partial charge in [-0.1, -0.05) is 0 Å². The number of hydrogen-bond donors (Lipinski definition) is 1. The summed E-state index contributed by atoms with van der Waals surface area (Å²) in [6, 6.07) is 6.66. The largest absolute Gasteiger partial charge is 0.351 e. The van der Waals surface area contributed by atoms with Crippen LogP contribution in [-0.4, -0.2) is 32.1 Å². The van der Waals surface area contributed by atoms with E-state index in [1.807, 2.05) is 24.1 Å². The Morgan fingerprint density at radius 2 is 2.26 bits per heavy atom. The van der Waals surface area contributed by atoms with Crippen LogP contribution in [0.5, 0.6) is 0 Å². The maximum atomic E-state index is 11.1. The summed E-state index contributed by atoms with van der Waals surface area (Å²) in [4.78, 5) is 17.9. The van der Waals surface area contributed by atoms with Crippen LogP contribution in [-0.2, 0) is 24.9 Å². The molecule has 2 aromatic heterocycles. The van der Waals surface area contributed by atoms with Crippen LogP contribution in [0.3, 0.4) is 0 Å². The normalized spacial score (nSPS) is 18.3. The second kappa shape index (κ2) is 6.91. The number of aromatic nitrogens is 3. The third kappa shape index (κ3) is 3.96. The second-order valence-electron chi connectivity index (χ2n) is 6.10. The van der Waals surface area contributed by atoms with E-state index in [1.54, 1.807) is 0 Å². The molecule has 0 spiro atoms. The average Bonchev–Trinajstić information content (AvgIpc) is 3.15. The molecule has 2 aromatic rings. The number of pyridine rings is 1. The fourth-order valence-electron chi connectivity index (χ4n) is 3.16. The van der Waals surface area contributed by atoms with Crippen LogP contribution in [0.1, 0.15) is 42.8 Å². The maximum Gasteiger partial charge on any atom is 0.217 e. The lowest BCUT2D eigenvalue weighted by Gasteiger charge is -2.24. The summed E-state index contributed by atoms with van der Waals surface area (Å²) < 4.78 is 1.85. The van der Waals surface area contributed by atoms with E-state index in [0.717, 1.165) is 30.9 Å². The lowest BCUT2D eigenvalue weighted by atomic mass is 10.0. The number of carbonyl (C=O) groups excluding carboxylic acids is 1. The number of amides is 1. The van der Waals surface area contributed by atoms with Crippen molar-refractivity contribution in [2.45, 2.75) is 38.9 Å². The molecule has 1 amide bonds. The van der Waals surface area contributed by atoms with E-state index < -0.39 is 0 Å². The van der Waals surface area contributed by atoms with Crippen LogP contribution in [0.2, 0.25) is 0 Å². The van der Waals surface area contributed by atoms with Crippen molar-refractivity contribution in [3.63, 3.8) is 0 Å². The van der Waals surface area contributed by atoms with Gasteiger partial charge in [-0.3, -0.25) is 19.4 Å². The Morgan fingerprint density at radius 3 is 3.00 bits per heavy atom. The van der Waals surface area contributed by atoms with Crippen LogP contribution in [0, 0.1) is 0 Å². The Morgan fingerprint density at radius 1 is 1.39 bits per heavy atom. The van der Waals surface area contributed by atoms with Crippen molar-refractivity contribution < 1.29 is 4.79 Å². The minimum absolute atomic E-state index is 0.0325. The third-order valence-corrected chi connectivity index (χ3v) is 4.24. The molecule has 1 N–H and O–H groups in total. The predicted molar refractivity (Wildman–Crippen MR) is 87.4 cm³/mol. The molecule has 1 atom stereocenters. The van der Waals surface area contributed by atoms with Gasteiger partial charge in [0.05, 0.1) is 17.9 Å². The van der Waals surface area contributed by atoms with E-state index in [1.165, 1.54) is 18.9 Å². The number of rotatable bonds is 5. The molecule has 122 valence electrons. The van der Waals surface area contributed by atoms with Crippen molar-refractivity contribution in [1.82, 2.24) is 25.0 Å². The summed E-state index contributed by atoms with van der Waals surface area (Å²) in [5.74, 6) is -0.0325. The second-order valence-corrected chi connectivity index (χ2v) is 6.10. The molecule has 1 aliphatic rings. The van der Waals surface area contributed by atoms with Gasteiger partial charge in [-0.15, -0.1) is 0 Å². The molecule has 1 aliphatic heterocycles. The Hall–Kier alpha value is -2.21. The van der Waals surface area contributed by atoms with Gasteiger partial charge in [0.25, 0.3) is 0 Å². The topological polar surface area (TPSA) is 63.1 Å². The number of nitrogens with one attached hydrogen (secondary N) is 1. The summed E-state index contributed by atoms with van der Waals surface area (Å²) in [6.45, 7) is 3.96. The minimum Gasteiger partial charge on any atom is -0.351 e. The lowest BCUT2D eigenvalue weighted by molar-refractivity contribution is -0.119. The fourth-order valence-corrected chi connectivity index (χ4v) is 3.16.